The predicted molar refractivity (Wildman–Crippen MR) is 65.5 cm³/mol. The molecule has 0 fully saturated rings. The van der Waals surface area contributed by atoms with Gasteiger partial charge >= 0.3 is 5.97 Å². The second kappa shape index (κ2) is 7.04. The summed E-state index contributed by atoms with van der Waals surface area (Å²) in [7, 11) is 1.36. The quantitative estimate of drug-likeness (QED) is 0.731. The van der Waals surface area contributed by atoms with Crippen LogP contribution in [-0.2, 0) is 9.53 Å². The molecule has 94 valence electrons. The van der Waals surface area contributed by atoms with Gasteiger partial charge in [-0.25, -0.2) is 0 Å². The third-order valence-corrected chi connectivity index (χ3v) is 2.68. The van der Waals surface area contributed by atoms with E-state index in [4.69, 9.17) is 4.74 Å². The molecule has 0 bridgehead atoms. The zero-order valence-electron chi connectivity index (χ0n) is 10.2. The molecule has 0 saturated carbocycles. The lowest BCUT2D eigenvalue weighted by Gasteiger charge is -2.22. The van der Waals surface area contributed by atoms with E-state index in [9.17, 15) is 9.90 Å². The number of aliphatic hydroxyl groups excluding tert-OH is 1. The predicted octanol–water partition coefficient (Wildman–Crippen LogP) is 1.26. The van der Waals surface area contributed by atoms with Gasteiger partial charge in [0, 0.05) is 0 Å². The van der Waals surface area contributed by atoms with Crippen LogP contribution in [-0.4, -0.2) is 30.8 Å². The van der Waals surface area contributed by atoms with Crippen molar-refractivity contribution < 1.29 is 14.6 Å². The molecule has 0 aliphatic heterocycles. The van der Waals surface area contributed by atoms with Gasteiger partial charge in [0.15, 0.2) is 0 Å². The Labute approximate surface area is 102 Å². The molecule has 17 heavy (non-hydrogen) atoms. The Kier molecular flexibility index (Phi) is 5.66. The topological polar surface area (TPSA) is 58.6 Å². The summed E-state index contributed by atoms with van der Waals surface area (Å²) in [4.78, 5) is 11.5. The number of carbonyl (C=O) groups is 1. The van der Waals surface area contributed by atoms with Crippen molar-refractivity contribution in [1.29, 1.82) is 0 Å². The Balaban J connectivity index is 2.72. The van der Waals surface area contributed by atoms with Crippen molar-refractivity contribution in [3.8, 4) is 0 Å². The van der Waals surface area contributed by atoms with Crippen molar-refractivity contribution in [2.75, 3.05) is 13.7 Å². The first-order chi connectivity index (χ1) is 8.22. The number of rotatable bonds is 6. The number of hydrogen-bond acceptors (Lipinski definition) is 4. The van der Waals surface area contributed by atoms with Gasteiger partial charge in [-0.1, -0.05) is 37.3 Å². The van der Waals surface area contributed by atoms with Crippen LogP contribution in [0.15, 0.2) is 30.3 Å². The molecule has 0 aliphatic carbocycles. The van der Waals surface area contributed by atoms with Crippen LogP contribution in [0.5, 0.6) is 0 Å². The Morgan fingerprint density at radius 3 is 2.53 bits per heavy atom. The molecule has 0 aliphatic rings. The number of methoxy groups -OCH3 is 1. The minimum atomic E-state index is -0.391. The van der Waals surface area contributed by atoms with Crippen LogP contribution in [0.25, 0.3) is 0 Å². The van der Waals surface area contributed by atoms with E-state index >= 15 is 0 Å². The van der Waals surface area contributed by atoms with Gasteiger partial charge in [-0.15, -0.1) is 0 Å². The van der Waals surface area contributed by atoms with Gasteiger partial charge in [0.25, 0.3) is 0 Å². The normalized spacial score (nSPS) is 14.1. The van der Waals surface area contributed by atoms with Crippen LogP contribution in [0.3, 0.4) is 0 Å². The van der Waals surface area contributed by atoms with E-state index in [0.717, 1.165) is 5.56 Å². The number of benzene rings is 1. The number of aliphatic hydroxyl groups is 1. The minimum Gasteiger partial charge on any atom is -0.468 e. The number of carbonyl (C=O) groups excluding carboxylic acids is 1. The molecule has 0 heterocycles. The minimum absolute atomic E-state index is 0.0580. The molecule has 1 aromatic rings. The van der Waals surface area contributed by atoms with Crippen LogP contribution in [0, 0.1) is 0 Å². The Morgan fingerprint density at radius 1 is 1.41 bits per heavy atom. The van der Waals surface area contributed by atoms with Gasteiger partial charge in [0.1, 0.15) is 6.04 Å². The molecular weight excluding hydrogens is 218 g/mol. The highest BCUT2D eigenvalue weighted by atomic mass is 16.5. The second-order valence-electron chi connectivity index (χ2n) is 3.80. The maximum absolute atomic E-state index is 11.5. The van der Waals surface area contributed by atoms with Crippen molar-refractivity contribution in [3.63, 3.8) is 0 Å². The molecule has 0 radical (unpaired) electrons. The maximum Gasteiger partial charge on any atom is 0.322 e. The molecular formula is C13H19NO3. The van der Waals surface area contributed by atoms with Crippen molar-refractivity contribution in [3.05, 3.63) is 35.9 Å². The summed E-state index contributed by atoms with van der Waals surface area (Å²) in [6, 6.07) is 8.90. The van der Waals surface area contributed by atoms with Crippen molar-refractivity contribution in [1.82, 2.24) is 5.32 Å². The average Bonchev–Trinajstić information content (AvgIpc) is 2.40. The molecule has 0 spiro atoms. The number of esters is 1. The lowest BCUT2D eigenvalue weighted by molar-refractivity contribution is -0.143. The van der Waals surface area contributed by atoms with E-state index in [1.54, 1.807) is 0 Å². The van der Waals surface area contributed by atoms with E-state index < -0.39 is 6.04 Å². The van der Waals surface area contributed by atoms with E-state index in [-0.39, 0.29) is 18.6 Å². The number of nitrogens with one attached hydrogen (secondary N) is 1. The van der Waals surface area contributed by atoms with Crippen LogP contribution >= 0.6 is 0 Å². The average molecular weight is 237 g/mol. The van der Waals surface area contributed by atoms with Crippen LogP contribution < -0.4 is 5.32 Å². The number of hydrogen-bond donors (Lipinski definition) is 2. The van der Waals surface area contributed by atoms with Crippen molar-refractivity contribution in [2.24, 2.45) is 0 Å². The first kappa shape index (κ1) is 13.7. The van der Waals surface area contributed by atoms with E-state index in [1.165, 1.54) is 7.11 Å². The zero-order chi connectivity index (χ0) is 12.7. The SMILES string of the molecule is CCC(NC(CO)c1ccccc1)C(=O)OC. The molecule has 2 N–H and O–H groups in total. The summed E-state index contributed by atoms with van der Waals surface area (Å²) in [5.74, 6) is -0.304. The fraction of sp³-hybridized carbons (Fsp3) is 0.462. The van der Waals surface area contributed by atoms with Gasteiger partial charge in [0.05, 0.1) is 19.8 Å². The first-order valence-corrected chi connectivity index (χ1v) is 5.72. The lowest BCUT2D eigenvalue weighted by atomic mass is 10.1. The standard InChI is InChI=1S/C13H19NO3/c1-3-11(13(16)17-2)14-12(9-15)10-7-5-4-6-8-10/h4-8,11-12,14-15H,3,9H2,1-2H3. The van der Waals surface area contributed by atoms with Crippen molar-refractivity contribution in [2.45, 2.75) is 25.4 Å². The first-order valence-electron chi connectivity index (χ1n) is 5.72. The molecule has 0 amide bonds. The Bertz CT molecular complexity index is 340. The molecule has 4 heteroatoms. The Morgan fingerprint density at radius 2 is 2.06 bits per heavy atom. The third-order valence-electron chi connectivity index (χ3n) is 2.68. The van der Waals surface area contributed by atoms with E-state index in [0.29, 0.717) is 6.42 Å². The van der Waals surface area contributed by atoms with Crippen LogP contribution in [0.4, 0.5) is 0 Å². The summed E-state index contributed by atoms with van der Waals surface area (Å²) in [5, 5.41) is 12.5. The summed E-state index contributed by atoms with van der Waals surface area (Å²) in [5.41, 5.74) is 0.956. The van der Waals surface area contributed by atoms with Gasteiger partial charge in [0.2, 0.25) is 0 Å². The maximum atomic E-state index is 11.5. The second-order valence-corrected chi connectivity index (χ2v) is 3.80. The van der Waals surface area contributed by atoms with Gasteiger partial charge in [-0.2, -0.15) is 0 Å². The largest absolute Gasteiger partial charge is 0.468 e. The third kappa shape index (κ3) is 3.84. The van der Waals surface area contributed by atoms with E-state index in [1.807, 2.05) is 37.3 Å². The molecule has 0 saturated heterocycles. The molecule has 0 aromatic heterocycles. The molecule has 1 aromatic carbocycles. The lowest BCUT2D eigenvalue weighted by Crippen LogP contribution is -2.40. The molecule has 2 unspecified atom stereocenters. The fourth-order valence-electron chi connectivity index (χ4n) is 1.68. The summed E-state index contributed by atoms with van der Waals surface area (Å²) in [6.07, 6.45) is 0.621. The molecule has 2 atom stereocenters. The summed E-state index contributed by atoms with van der Waals surface area (Å²) < 4.78 is 4.70. The van der Waals surface area contributed by atoms with Gasteiger partial charge < -0.3 is 9.84 Å². The van der Waals surface area contributed by atoms with Gasteiger partial charge in [-0.3, -0.25) is 10.1 Å². The highest BCUT2D eigenvalue weighted by Crippen LogP contribution is 2.13. The van der Waals surface area contributed by atoms with Crippen LogP contribution in [0.1, 0.15) is 24.9 Å². The fourth-order valence-corrected chi connectivity index (χ4v) is 1.68. The summed E-state index contributed by atoms with van der Waals surface area (Å²) in [6.45, 7) is 1.84. The highest BCUT2D eigenvalue weighted by Gasteiger charge is 2.21. The molecule has 4 nitrogen and oxygen atoms in total. The zero-order valence-corrected chi connectivity index (χ0v) is 10.2. The van der Waals surface area contributed by atoms with Gasteiger partial charge in [-0.05, 0) is 12.0 Å². The smallest absolute Gasteiger partial charge is 0.322 e. The molecule has 1 rings (SSSR count). The number of ether oxygens (including phenoxy) is 1. The van der Waals surface area contributed by atoms with E-state index in [2.05, 4.69) is 5.32 Å². The van der Waals surface area contributed by atoms with Crippen molar-refractivity contribution >= 4 is 5.97 Å². The Hall–Kier alpha value is -1.39. The highest BCUT2D eigenvalue weighted by molar-refractivity contribution is 5.75. The summed E-state index contributed by atoms with van der Waals surface area (Å²) >= 11 is 0. The van der Waals surface area contributed by atoms with Crippen LogP contribution in [0.2, 0.25) is 0 Å². The monoisotopic (exact) mass is 237 g/mol.